The Morgan fingerprint density at radius 2 is 2.05 bits per heavy atom. The Morgan fingerprint density at radius 1 is 1.20 bits per heavy atom. The Labute approximate surface area is 122 Å². The van der Waals surface area contributed by atoms with Gasteiger partial charge in [-0.1, -0.05) is 6.92 Å². The van der Waals surface area contributed by atoms with Crippen molar-refractivity contribution in [3.05, 3.63) is 23.8 Å². The topological polar surface area (TPSA) is 50.7 Å². The summed E-state index contributed by atoms with van der Waals surface area (Å²) in [5, 5.41) is 12.1. The molecule has 0 bridgehead atoms. The molecular weight excluding hydrogens is 254 g/mol. The van der Waals surface area contributed by atoms with E-state index in [4.69, 9.17) is 14.6 Å². The van der Waals surface area contributed by atoms with E-state index in [-0.39, 0.29) is 6.61 Å². The van der Waals surface area contributed by atoms with Crippen molar-refractivity contribution in [2.45, 2.75) is 39.2 Å². The zero-order chi connectivity index (χ0) is 14.6. The lowest BCUT2D eigenvalue weighted by molar-refractivity contribution is 0.265. The molecule has 0 atom stereocenters. The fraction of sp³-hybridized carbons (Fsp3) is 0.625. The van der Waals surface area contributed by atoms with Crippen LogP contribution in [0.1, 0.15) is 38.2 Å². The molecule has 0 aliphatic carbocycles. The predicted octanol–water partition coefficient (Wildman–Crippen LogP) is 2.74. The summed E-state index contributed by atoms with van der Waals surface area (Å²) in [6.07, 6.45) is 3.92. The minimum absolute atomic E-state index is 0.259. The minimum Gasteiger partial charge on any atom is -0.497 e. The number of rotatable bonds is 11. The smallest absolute Gasteiger partial charge is 0.124 e. The van der Waals surface area contributed by atoms with Gasteiger partial charge in [-0.05, 0) is 50.4 Å². The van der Waals surface area contributed by atoms with Crippen LogP contribution in [0.4, 0.5) is 0 Å². The van der Waals surface area contributed by atoms with E-state index in [1.165, 1.54) is 0 Å². The van der Waals surface area contributed by atoms with Crippen LogP contribution in [0.15, 0.2) is 18.2 Å². The number of hydrogen-bond donors (Lipinski definition) is 2. The summed E-state index contributed by atoms with van der Waals surface area (Å²) < 4.78 is 11.1. The van der Waals surface area contributed by atoms with Crippen LogP contribution in [0.3, 0.4) is 0 Å². The highest BCUT2D eigenvalue weighted by atomic mass is 16.5. The maximum atomic E-state index is 8.74. The van der Waals surface area contributed by atoms with Crippen LogP contribution in [-0.2, 0) is 6.54 Å². The number of hydrogen-bond acceptors (Lipinski definition) is 4. The van der Waals surface area contributed by atoms with Gasteiger partial charge in [-0.25, -0.2) is 0 Å². The van der Waals surface area contributed by atoms with Crippen molar-refractivity contribution in [1.29, 1.82) is 0 Å². The number of benzene rings is 1. The largest absolute Gasteiger partial charge is 0.497 e. The molecule has 0 amide bonds. The summed E-state index contributed by atoms with van der Waals surface area (Å²) in [4.78, 5) is 0. The monoisotopic (exact) mass is 281 g/mol. The molecule has 114 valence electrons. The fourth-order valence-electron chi connectivity index (χ4n) is 1.93. The molecule has 20 heavy (non-hydrogen) atoms. The Balaban J connectivity index is 2.53. The van der Waals surface area contributed by atoms with E-state index in [0.717, 1.165) is 55.8 Å². The first-order valence-corrected chi connectivity index (χ1v) is 7.43. The molecule has 0 heterocycles. The summed E-state index contributed by atoms with van der Waals surface area (Å²) in [6.45, 7) is 4.88. The fourth-order valence-corrected chi connectivity index (χ4v) is 1.93. The molecule has 0 aromatic heterocycles. The Bertz CT molecular complexity index is 369. The summed E-state index contributed by atoms with van der Waals surface area (Å²) >= 11 is 0. The van der Waals surface area contributed by atoms with Crippen molar-refractivity contribution in [2.75, 3.05) is 26.9 Å². The van der Waals surface area contributed by atoms with E-state index < -0.39 is 0 Å². The summed E-state index contributed by atoms with van der Waals surface area (Å²) in [5.74, 6) is 1.77. The first-order valence-electron chi connectivity index (χ1n) is 7.43. The van der Waals surface area contributed by atoms with Gasteiger partial charge in [0.25, 0.3) is 0 Å². The Hall–Kier alpha value is -1.26. The highest BCUT2D eigenvalue weighted by Crippen LogP contribution is 2.24. The third kappa shape index (κ3) is 6.26. The van der Waals surface area contributed by atoms with Crippen LogP contribution in [0.2, 0.25) is 0 Å². The van der Waals surface area contributed by atoms with Crippen LogP contribution < -0.4 is 14.8 Å². The van der Waals surface area contributed by atoms with Crippen LogP contribution in [0, 0.1) is 0 Å². The first-order chi connectivity index (χ1) is 9.81. The number of methoxy groups -OCH3 is 1. The van der Waals surface area contributed by atoms with Gasteiger partial charge in [0.05, 0.1) is 13.7 Å². The minimum atomic E-state index is 0.259. The predicted molar refractivity (Wildman–Crippen MR) is 81.4 cm³/mol. The van der Waals surface area contributed by atoms with Crippen molar-refractivity contribution in [3.8, 4) is 11.5 Å². The lowest BCUT2D eigenvalue weighted by Gasteiger charge is -2.13. The van der Waals surface area contributed by atoms with E-state index in [0.29, 0.717) is 6.61 Å². The quantitative estimate of drug-likeness (QED) is 0.612. The molecule has 0 saturated carbocycles. The average molecular weight is 281 g/mol. The molecule has 2 N–H and O–H groups in total. The Morgan fingerprint density at radius 3 is 2.75 bits per heavy atom. The maximum Gasteiger partial charge on any atom is 0.124 e. The third-order valence-corrected chi connectivity index (χ3v) is 3.07. The summed E-state index contributed by atoms with van der Waals surface area (Å²) in [6, 6.07) is 5.91. The molecule has 1 aromatic rings. The van der Waals surface area contributed by atoms with Gasteiger partial charge in [0.1, 0.15) is 11.5 Å². The molecule has 1 aromatic carbocycles. The second-order valence-electron chi connectivity index (χ2n) is 4.78. The molecule has 4 nitrogen and oxygen atoms in total. The van der Waals surface area contributed by atoms with Gasteiger partial charge in [0, 0.05) is 18.7 Å². The van der Waals surface area contributed by atoms with Crippen molar-refractivity contribution in [2.24, 2.45) is 0 Å². The van der Waals surface area contributed by atoms with Gasteiger partial charge in [-0.2, -0.15) is 0 Å². The van der Waals surface area contributed by atoms with Crippen LogP contribution in [0.5, 0.6) is 11.5 Å². The Kier molecular flexibility index (Phi) is 8.83. The summed E-state index contributed by atoms with van der Waals surface area (Å²) in [5.41, 5.74) is 1.12. The van der Waals surface area contributed by atoms with Crippen molar-refractivity contribution in [1.82, 2.24) is 5.32 Å². The van der Waals surface area contributed by atoms with Crippen LogP contribution in [-0.4, -0.2) is 32.0 Å². The van der Waals surface area contributed by atoms with E-state index in [1.807, 2.05) is 18.2 Å². The first kappa shape index (κ1) is 16.8. The van der Waals surface area contributed by atoms with Gasteiger partial charge in [0.15, 0.2) is 0 Å². The van der Waals surface area contributed by atoms with Gasteiger partial charge in [-0.15, -0.1) is 0 Å². The van der Waals surface area contributed by atoms with Gasteiger partial charge < -0.3 is 19.9 Å². The second kappa shape index (κ2) is 10.5. The lowest BCUT2D eigenvalue weighted by atomic mass is 10.2. The molecule has 0 aliphatic heterocycles. The van der Waals surface area contributed by atoms with Gasteiger partial charge >= 0.3 is 0 Å². The maximum absolute atomic E-state index is 8.74. The molecule has 0 saturated heterocycles. The van der Waals surface area contributed by atoms with E-state index in [1.54, 1.807) is 7.11 Å². The van der Waals surface area contributed by atoms with E-state index in [2.05, 4.69) is 12.2 Å². The third-order valence-electron chi connectivity index (χ3n) is 3.07. The summed E-state index contributed by atoms with van der Waals surface area (Å²) in [7, 11) is 1.67. The molecule has 0 aliphatic rings. The number of unbranched alkanes of at least 4 members (excludes halogenated alkanes) is 2. The SMILES string of the molecule is CCCNCc1cc(OC)ccc1OCCCCCO. The number of aliphatic hydroxyl groups excluding tert-OH is 1. The number of nitrogens with one attached hydrogen (secondary N) is 1. The molecule has 0 radical (unpaired) electrons. The van der Waals surface area contributed by atoms with E-state index >= 15 is 0 Å². The van der Waals surface area contributed by atoms with Gasteiger partial charge in [-0.3, -0.25) is 0 Å². The molecule has 4 heteroatoms. The molecular formula is C16H27NO3. The van der Waals surface area contributed by atoms with Crippen LogP contribution in [0.25, 0.3) is 0 Å². The molecule has 1 rings (SSSR count). The van der Waals surface area contributed by atoms with Crippen molar-refractivity contribution in [3.63, 3.8) is 0 Å². The zero-order valence-corrected chi connectivity index (χ0v) is 12.7. The van der Waals surface area contributed by atoms with Crippen LogP contribution >= 0.6 is 0 Å². The normalized spacial score (nSPS) is 10.6. The number of ether oxygens (including phenoxy) is 2. The standard InChI is InChI=1S/C16H27NO3/c1-3-9-17-13-14-12-15(19-2)7-8-16(14)20-11-6-4-5-10-18/h7-8,12,17-18H,3-6,9-11,13H2,1-2H3. The van der Waals surface area contributed by atoms with Crippen molar-refractivity contribution < 1.29 is 14.6 Å². The highest BCUT2D eigenvalue weighted by molar-refractivity contribution is 5.40. The second-order valence-corrected chi connectivity index (χ2v) is 4.78. The molecule has 0 fully saturated rings. The number of aliphatic hydroxyl groups is 1. The van der Waals surface area contributed by atoms with Crippen molar-refractivity contribution >= 4 is 0 Å². The van der Waals surface area contributed by atoms with E-state index in [9.17, 15) is 0 Å². The van der Waals surface area contributed by atoms with Gasteiger partial charge in [0.2, 0.25) is 0 Å². The molecule has 0 unspecified atom stereocenters. The average Bonchev–Trinajstić information content (AvgIpc) is 2.48. The molecule has 0 spiro atoms. The zero-order valence-electron chi connectivity index (χ0n) is 12.7. The highest BCUT2D eigenvalue weighted by Gasteiger charge is 2.05. The lowest BCUT2D eigenvalue weighted by Crippen LogP contribution is -2.15.